The van der Waals surface area contributed by atoms with Crippen molar-refractivity contribution in [2.45, 2.75) is 13.3 Å². The Kier molecular flexibility index (Phi) is 3.72. The van der Waals surface area contributed by atoms with E-state index in [-0.39, 0.29) is 18.2 Å². The average Bonchev–Trinajstić information content (AvgIpc) is 2.32. The van der Waals surface area contributed by atoms with E-state index < -0.39 is 0 Å². The highest BCUT2D eigenvalue weighted by atomic mass is 19.1. The summed E-state index contributed by atoms with van der Waals surface area (Å²) in [5, 5.41) is 0. The van der Waals surface area contributed by atoms with Gasteiger partial charge in [-0.15, -0.1) is 0 Å². The summed E-state index contributed by atoms with van der Waals surface area (Å²) in [6.45, 7) is 1.93. The Labute approximate surface area is 105 Å². The van der Waals surface area contributed by atoms with Crippen LogP contribution in [-0.2, 0) is 11.2 Å². The van der Waals surface area contributed by atoms with Crippen molar-refractivity contribution >= 4 is 5.97 Å². The molecule has 2 rings (SSSR count). The Morgan fingerprint density at radius 1 is 1.17 bits per heavy atom. The molecule has 0 amide bonds. The summed E-state index contributed by atoms with van der Waals surface area (Å²) in [6.07, 6.45) is 0.133. The summed E-state index contributed by atoms with van der Waals surface area (Å²) >= 11 is 0. The quantitative estimate of drug-likeness (QED) is 0.611. The van der Waals surface area contributed by atoms with Crippen LogP contribution in [0.4, 0.5) is 4.39 Å². The summed E-state index contributed by atoms with van der Waals surface area (Å²) in [5.41, 5.74) is 1.76. The van der Waals surface area contributed by atoms with Gasteiger partial charge in [0.2, 0.25) is 0 Å². The van der Waals surface area contributed by atoms with E-state index in [0.717, 1.165) is 11.1 Å². The molecule has 0 radical (unpaired) electrons. The lowest BCUT2D eigenvalue weighted by molar-refractivity contribution is -0.133. The number of carbonyl (C=O) groups excluding carboxylic acids is 1. The van der Waals surface area contributed by atoms with Crippen molar-refractivity contribution in [3.8, 4) is 5.75 Å². The van der Waals surface area contributed by atoms with E-state index in [9.17, 15) is 9.18 Å². The van der Waals surface area contributed by atoms with Crippen LogP contribution in [0.3, 0.4) is 0 Å². The first kappa shape index (κ1) is 12.3. The van der Waals surface area contributed by atoms with Crippen LogP contribution in [0.15, 0.2) is 48.5 Å². The van der Waals surface area contributed by atoms with Crippen molar-refractivity contribution in [2.75, 3.05) is 0 Å². The van der Waals surface area contributed by atoms with E-state index in [1.165, 1.54) is 12.1 Å². The maximum atomic E-state index is 12.7. The highest BCUT2D eigenvalue weighted by Crippen LogP contribution is 2.13. The van der Waals surface area contributed by atoms with E-state index in [1.807, 2.05) is 19.1 Å². The molecular formula is C15H13FO2. The number of hydrogen-bond acceptors (Lipinski definition) is 2. The van der Waals surface area contributed by atoms with Gasteiger partial charge in [0.1, 0.15) is 11.6 Å². The zero-order valence-electron chi connectivity index (χ0n) is 10.0. The van der Waals surface area contributed by atoms with E-state index in [4.69, 9.17) is 4.74 Å². The Balaban J connectivity index is 1.98. The van der Waals surface area contributed by atoms with Gasteiger partial charge in [0.25, 0.3) is 0 Å². The van der Waals surface area contributed by atoms with Gasteiger partial charge in [-0.1, -0.05) is 24.3 Å². The van der Waals surface area contributed by atoms with Crippen LogP contribution in [0.5, 0.6) is 5.75 Å². The standard InChI is InChI=1S/C15H13FO2/c1-11-3-2-4-14(9-11)18-15(17)10-12-5-7-13(16)8-6-12/h2-9H,10H2,1H3. The number of halogens is 1. The van der Waals surface area contributed by atoms with Gasteiger partial charge in [-0.25, -0.2) is 4.39 Å². The lowest BCUT2D eigenvalue weighted by atomic mass is 10.1. The third kappa shape index (κ3) is 3.42. The molecule has 0 unspecified atom stereocenters. The van der Waals surface area contributed by atoms with Crippen molar-refractivity contribution < 1.29 is 13.9 Å². The summed E-state index contributed by atoms with van der Waals surface area (Å²) in [6, 6.07) is 13.1. The van der Waals surface area contributed by atoms with Crippen LogP contribution >= 0.6 is 0 Å². The van der Waals surface area contributed by atoms with Crippen LogP contribution < -0.4 is 4.74 Å². The minimum absolute atomic E-state index is 0.133. The van der Waals surface area contributed by atoms with Gasteiger partial charge >= 0.3 is 5.97 Å². The molecule has 0 fully saturated rings. The number of esters is 1. The number of carbonyl (C=O) groups is 1. The normalized spacial score (nSPS) is 10.1. The van der Waals surface area contributed by atoms with Gasteiger partial charge in [-0.2, -0.15) is 0 Å². The number of hydrogen-bond donors (Lipinski definition) is 0. The molecule has 0 aliphatic carbocycles. The molecule has 0 saturated carbocycles. The predicted octanol–water partition coefficient (Wildman–Crippen LogP) is 3.28. The van der Waals surface area contributed by atoms with Crippen LogP contribution in [0, 0.1) is 12.7 Å². The molecule has 2 aromatic rings. The summed E-state index contributed by atoms with van der Waals surface area (Å²) in [7, 11) is 0. The molecule has 2 aromatic carbocycles. The van der Waals surface area contributed by atoms with Crippen LogP contribution in [0.2, 0.25) is 0 Å². The molecular weight excluding hydrogens is 231 g/mol. The Bertz CT molecular complexity index is 547. The third-order valence-corrected chi connectivity index (χ3v) is 2.48. The molecule has 18 heavy (non-hydrogen) atoms. The van der Waals surface area contributed by atoms with Crippen molar-refractivity contribution in [1.82, 2.24) is 0 Å². The van der Waals surface area contributed by atoms with Crippen LogP contribution in [0.1, 0.15) is 11.1 Å². The molecule has 0 aromatic heterocycles. The van der Waals surface area contributed by atoms with Gasteiger partial charge in [-0.3, -0.25) is 4.79 Å². The molecule has 92 valence electrons. The maximum absolute atomic E-state index is 12.7. The third-order valence-electron chi connectivity index (χ3n) is 2.48. The molecule has 0 heterocycles. The predicted molar refractivity (Wildman–Crippen MR) is 66.9 cm³/mol. The minimum Gasteiger partial charge on any atom is -0.426 e. The van der Waals surface area contributed by atoms with E-state index in [2.05, 4.69) is 0 Å². The number of aryl methyl sites for hydroxylation is 1. The zero-order chi connectivity index (χ0) is 13.0. The first-order valence-corrected chi connectivity index (χ1v) is 5.65. The molecule has 0 N–H and O–H groups in total. The van der Waals surface area contributed by atoms with Crippen molar-refractivity contribution in [3.63, 3.8) is 0 Å². The van der Waals surface area contributed by atoms with E-state index in [1.54, 1.807) is 24.3 Å². The van der Waals surface area contributed by atoms with Gasteiger partial charge in [0, 0.05) is 0 Å². The number of rotatable bonds is 3. The molecule has 0 bridgehead atoms. The Hall–Kier alpha value is -2.16. The SMILES string of the molecule is Cc1cccc(OC(=O)Cc2ccc(F)cc2)c1. The summed E-state index contributed by atoms with van der Waals surface area (Å²) in [5.74, 6) is -0.139. The van der Waals surface area contributed by atoms with Crippen molar-refractivity contribution in [3.05, 3.63) is 65.5 Å². The van der Waals surface area contributed by atoms with Gasteiger partial charge in [-0.05, 0) is 42.3 Å². The molecule has 0 aliphatic heterocycles. The highest BCUT2D eigenvalue weighted by molar-refractivity contribution is 5.75. The zero-order valence-corrected chi connectivity index (χ0v) is 10.0. The van der Waals surface area contributed by atoms with Crippen LogP contribution in [0.25, 0.3) is 0 Å². The lowest BCUT2D eigenvalue weighted by Crippen LogP contribution is -2.11. The fourth-order valence-electron chi connectivity index (χ4n) is 1.62. The van der Waals surface area contributed by atoms with Crippen LogP contribution in [-0.4, -0.2) is 5.97 Å². The smallest absolute Gasteiger partial charge is 0.315 e. The van der Waals surface area contributed by atoms with Crippen molar-refractivity contribution in [1.29, 1.82) is 0 Å². The molecule has 0 spiro atoms. The molecule has 0 aliphatic rings. The van der Waals surface area contributed by atoms with Gasteiger partial charge < -0.3 is 4.74 Å². The Morgan fingerprint density at radius 3 is 2.56 bits per heavy atom. The van der Waals surface area contributed by atoms with Crippen molar-refractivity contribution in [2.24, 2.45) is 0 Å². The monoisotopic (exact) mass is 244 g/mol. The van der Waals surface area contributed by atoms with Gasteiger partial charge in [0.15, 0.2) is 0 Å². The van der Waals surface area contributed by atoms with E-state index >= 15 is 0 Å². The van der Waals surface area contributed by atoms with E-state index in [0.29, 0.717) is 5.75 Å². The molecule has 0 saturated heterocycles. The minimum atomic E-state index is -0.354. The number of benzene rings is 2. The average molecular weight is 244 g/mol. The summed E-state index contributed by atoms with van der Waals surface area (Å²) in [4.78, 5) is 11.7. The highest BCUT2D eigenvalue weighted by Gasteiger charge is 2.06. The lowest BCUT2D eigenvalue weighted by Gasteiger charge is -2.05. The first-order chi connectivity index (χ1) is 8.63. The molecule has 0 atom stereocenters. The first-order valence-electron chi connectivity index (χ1n) is 5.65. The second kappa shape index (κ2) is 5.45. The summed E-state index contributed by atoms with van der Waals surface area (Å²) < 4.78 is 17.9. The molecule has 2 nitrogen and oxygen atoms in total. The number of ether oxygens (including phenoxy) is 1. The fourth-order valence-corrected chi connectivity index (χ4v) is 1.62. The maximum Gasteiger partial charge on any atom is 0.315 e. The second-order valence-electron chi connectivity index (χ2n) is 4.09. The van der Waals surface area contributed by atoms with Gasteiger partial charge in [0.05, 0.1) is 6.42 Å². The largest absolute Gasteiger partial charge is 0.426 e. The Morgan fingerprint density at radius 2 is 1.89 bits per heavy atom. The second-order valence-corrected chi connectivity index (χ2v) is 4.09. The molecule has 3 heteroatoms. The fraction of sp³-hybridized carbons (Fsp3) is 0.133. The topological polar surface area (TPSA) is 26.3 Å².